The van der Waals surface area contributed by atoms with Crippen LogP contribution in [0, 0.1) is 0 Å². The lowest BCUT2D eigenvalue weighted by Gasteiger charge is -2.23. The quantitative estimate of drug-likeness (QED) is 0.400. The van der Waals surface area contributed by atoms with Crippen LogP contribution in [-0.4, -0.2) is 80.3 Å². The number of sulfonamides is 2. The first kappa shape index (κ1) is 27.6. The van der Waals surface area contributed by atoms with Gasteiger partial charge in [-0.25, -0.2) is 16.8 Å². The highest BCUT2D eigenvalue weighted by molar-refractivity contribution is 7.92. The smallest absolute Gasteiger partial charge is 0.243 e. The molecule has 2 aromatic carbocycles. The number of methoxy groups -OCH3 is 2. The van der Waals surface area contributed by atoms with E-state index in [1.807, 2.05) is 0 Å². The zero-order valence-electron chi connectivity index (χ0n) is 20.5. The first-order valence-corrected chi connectivity index (χ1v) is 14.5. The van der Waals surface area contributed by atoms with E-state index < -0.39 is 32.5 Å². The van der Waals surface area contributed by atoms with Gasteiger partial charge in [0.15, 0.2) is 11.5 Å². The molecule has 11 nitrogen and oxygen atoms in total. The molecule has 1 aliphatic heterocycles. The Balaban J connectivity index is 1.53. The summed E-state index contributed by atoms with van der Waals surface area (Å²) in [6.07, 6.45) is 2.73. The number of nitrogens with one attached hydrogen (secondary N) is 1. The van der Waals surface area contributed by atoms with Gasteiger partial charge in [-0.1, -0.05) is 0 Å². The molecule has 1 aliphatic rings. The van der Waals surface area contributed by atoms with Gasteiger partial charge in [-0.3, -0.25) is 9.10 Å². The molecule has 0 unspecified atom stereocenters. The summed E-state index contributed by atoms with van der Waals surface area (Å²) in [6.45, 7) is 0.860. The van der Waals surface area contributed by atoms with Crippen molar-refractivity contribution in [3.05, 3.63) is 42.5 Å². The number of nitrogens with zero attached hydrogens (tertiary/aromatic N) is 2. The molecule has 0 radical (unpaired) electrons. The summed E-state index contributed by atoms with van der Waals surface area (Å²) in [6, 6.07) is 10.7. The molecule has 198 valence electrons. The SMILES string of the molecule is COc1ccc(N(CC(=O)NCCOc2ccc(S(=O)(=O)N3CCCC3)cc2)S(C)(=O)=O)cc1OC. The summed E-state index contributed by atoms with van der Waals surface area (Å²) in [5.41, 5.74) is 0.255. The Kier molecular flexibility index (Phi) is 9.03. The van der Waals surface area contributed by atoms with Crippen LogP contribution in [0.4, 0.5) is 5.69 Å². The average Bonchev–Trinajstić information content (AvgIpc) is 3.40. The molecule has 0 atom stereocenters. The number of anilines is 1. The largest absolute Gasteiger partial charge is 0.493 e. The number of ether oxygens (including phenoxy) is 3. The molecular formula is C23H31N3O8S2. The van der Waals surface area contributed by atoms with E-state index in [1.54, 1.807) is 18.2 Å². The van der Waals surface area contributed by atoms with E-state index in [0.717, 1.165) is 23.4 Å². The van der Waals surface area contributed by atoms with Crippen molar-refractivity contribution >= 4 is 31.6 Å². The number of carbonyl (C=O) groups is 1. The predicted molar refractivity (Wildman–Crippen MR) is 135 cm³/mol. The van der Waals surface area contributed by atoms with Gasteiger partial charge in [0.1, 0.15) is 18.9 Å². The van der Waals surface area contributed by atoms with Gasteiger partial charge in [0, 0.05) is 19.2 Å². The van der Waals surface area contributed by atoms with Crippen LogP contribution in [0.3, 0.4) is 0 Å². The third-order valence-electron chi connectivity index (χ3n) is 5.56. The second-order valence-electron chi connectivity index (χ2n) is 8.09. The van der Waals surface area contributed by atoms with Crippen LogP contribution in [0.5, 0.6) is 17.2 Å². The maximum Gasteiger partial charge on any atom is 0.243 e. The van der Waals surface area contributed by atoms with Gasteiger partial charge in [0.25, 0.3) is 0 Å². The van der Waals surface area contributed by atoms with Crippen LogP contribution < -0.4 is 23.8 Å². The Bertz CT molecular complexity index is 1260. The fourth-order valence-corrected chi connectivity index (χ4v) is 6.08. The summed E-state index contributed by atoms with van der Waals surface area (Å²) in [4.78, 5) is 12.7. The van der Waals surface area contributed by atoms with E-state index in [9.17, 15) is 21.6 Å². The van der Waals surface area contributed by atoms with Gasteiger partial charge in [0.2, 0.25) is 26.0 Å². The first-order valence-electron chi connectivity index (χ1n) is 11.3. The van der Waals surface area contributed by atoms with Crippen LogP contribution in [0.1, 0.15) is 12.8 Å². The molecule has 13 heteroatoms. The molecule has 2 aromatic rings. The third-order valence-corrected chi connectivity index (χ3v) is 8.62. The number of amides is 1. The lowest BCUT2D eigenvalue weighted by molar-refractivity contribution is -0.119. The highest BCUT2D eigenvalue weighted by atomic mass is 32.2. The van der Waals surface area contributed by atoms with Crippen LogP contribution in [0.2, 0.25) is 0 Å². The lowest BCUT2D eigenvalue weighted by atomic mass is 10.2. The molecule has 1 heterocycles. The molecule has 1 saturated heterocycles. The maximum atomic E-state index is 12.6. The van der Waals surface area contributed by atoms with Crippen LogP contribution in [0.15, 0.2) is 47.4 Å². The van der Waals surface area contributed by atoms with Crippen molar-refractivity contribution in [2.24, 2.45) is 0 Å². The Labute approximate surface area is 212 Å². The molecule has 1 fully saturated rings. The molecule has 0 aliphatic carbocycles. The Hall–Kier alpha value is -3.03. The van der Waals surface area contributed by atoms with Crippen molar-refractivity contribution < 1.29 is 35.8 Å². The zero-order chi connectivity index (χ0) is 26.3. The maximum absolute atomic E-state index is 12.6. The minimum absolute atomic E-state index is 0.110. The molecule has 1 N–H and O–H groups in total. The van der Waals surface area contributed by atoms with Crippen molar-refractivity contribution in [2.45, 2.75) is 17.7 Å². The molecule has 0 saturated carbocycles. The van der Waals surface area contributed by atoms with Gasteiger partial charge in [-0.05, 0) is 49.2 Å². The summed E-state index contributed by atoms with van der Waals surface area (Å²) in [5.74, 6) is 0.688. The van der Waals surface area contributed by atoms with E-state index in [2.05, 4.69) is 5.32 Å². The Morgan fingerprint density at radius 2 is 1.61 bits per heavy atom. The topological polar surface area (TPSA) is 132 Å². The first-order chi connectivity index (χ1) is 17.1. The normalized spacial score (nSPS) is 14.3. The summed E-state index contributed by atoms with van der Waals surface area (Å²) in [7, 11) is -4.36. The van der Waals surface area contributed by atoms with E-state index >= 15 is 0 Å². The summed E-state index contributed by atoms with van der Waals surface area (Å²) < 4.78 is 68.2. The fourth-order valence-electron chi connectivity index (χ4n) is 3.71. The van der Waals surface area contributed by atoms with Gasteiger partial charge in [-0.15, -0.1) is 0 Å². The average molecular weight is 542 g/mol. The second-order valence-corrected chi connectivity index (χ2v) is 11.9. The minimum Gasteiger partial charge on any atom is -0.493 e. The van der Waals surface area contributed by atoms with Crippen molar-refractivity contribution in [3.63, 3.8) is 0 Å². The summed E-state index contributed by atoms with van der Waals surface area (Å²) in [5, 5.41) is 2.62. The highest BCUT2D eigenvalue weighted by Gasteiger charge is 2.27. The van der Waals surface area contributed by atoms with Gasteiger partial charge >= 0.3 is 0 Å². The van der Waals surface area contributed by atoms with E-state index in [0.29, 0.717) is 30.3 Å². The number of hydrogen-bond donors (Lipinski definition) is 1. The molecule has 3 rings (SSSR count). The van der Waals surface area contributed by atoms with E-state index in [4.69, 9.17) is 14.2 Å². The van der Waals surface area contributed by atoms with E-state index in [-0.39, 0.29) is 23.7 Å². The van der Waals surface area contributed by atoms with Crippen LogP contribution in [-0.2, 0) is 24.8 Å². The van der Waals surface area contributed by atoms with Gasteiger partial charge in [0.05, 0.1) is 37.6 Å². The number of benzene rings is 2. The second kappa shape index (κ2) is 11.8. The molecular weight excluding hydrogens is 510 g/mol. The molecule has 0 aromatic heterocycles. The highest BCUT2D eigenvalue weighted by Crippen LogP contribution is 2.32. The molecule has 1 amide bonds. The molecule has 0 bridgehead atoms. The Morgan fingerprint density at radius 3 is 2.19 bits per heavy atom. The standard InChI is InChI=1S/C23H31N3O8S2/c1-32-21-11-6-18(16-22(21)33-2)26(35(3,28)29)17-23(27)24-12-15-34-19-7-9-20(10-8-19)36(30,31)25-13-4-5-14-25/h6-11,16H,4-5,12-15,17H2,1-3H3,(H,24,27). The van der Waals surface area contributed by atoms with Crippen LogP contribution in [0.25, 0.3) is 0 Å². The van der Waals surface area contributed by atoms with Crippen LogP contribution >= 0.6 is 0 Å². The molecule has 36 heavy (non-hydrogen) atoms. The van der Waals surface area contributed by atoms with Gasteiger partial charge in [-0.2, -0.15) is 4.31 Å². The van der Waals surface area contributed by atoms with Gasteiger partial charge < -0.3 is 19.5 Å². The van der Waals surface area contributed by atoms with Crippen molar-refractivity contribution in [2.75, 3.05) is 57.6 Å². The van der Waals surface area contributed by atoms with Crippen molar-refractivity contribution in [3.8, 4) is 17.2 Å². The minimum atomic E-state index is -3.76. The zero-order valence-corrected chi connectivity index (χ0v) is 22.1. The predicted octanol–water partition coefficient (Wildman–Crippen LogP) is 1.45. The Morgan fingerprint density at radius 1 is 0.972 bits per heavy atom. The van der Waals surface area contributed by atoms with Crippen molar-refractivity contribution in [1.82, 2.24) is 9.62 Å². The van der Waals surface area contributed by atoms with Crippen molar-refractivity contribution in [1.29, 1.82) is 0 Å². The number of carbonyl (C=O) groups excluding carboxylic acids is 1. The van der Waals surface area contributed by atoms with E-state index in [1.165, 1.54) is 42.8 Å². The number of rotatable bonds is 12. The number of hydrogen-bond acceptors (Lipinski definition) is 8. The fraction of sp³-hybridized carbons (Fsp3) is 0.435. The lowest BCUT2D eigenvalue weighted by Crippen LogP contribution is -2.41. The monoisotopic (exact) mass is 541 g/mol. The summed E-state index contributed by atoms with van der Waals surface area (Å²) >= 11 is 0. The molecule has 0 spiro atoms. The third kappa shape index (κ3) is 6.80.